The van der Waals surface area contributed by atoms with Gasteiger partial charge in [0, 0.05) is 37.3 Å². The Morgan fingerprint density at radius 3 is 2.88 bits per heavy atom. The number of aromatic nitrogens is 1. The van der Waals surface area contributed by atoms with Gasteiger partial charge in [0.1, 0.15) is 12.7 Å². The third-order valence-corrected chi connectivity index (χ3v) is 5.47. The van der Waals surface area contributed by atoms with Crippen LogP contribution < -0.4 is 14.4 Å². The highest BCUT2D eigenvalue weighted by Gasteiger charge is 2.22. The molecule has 0 N–H and O–H groups in total. The molecule has 1 atom stereocenters. The van der Waals surface area contributed by atoms with Crippen molar-refractivity contribution >= 4 is 16.5 Å². The largest absolute Gasteiger partial charge is 0.486 e. The normalized spacial score (nSPS) is 19.9. The standard InChI is InChI=1S/C18H23N3O2S/c1-20(11-14-13-22-16-6-2-3-7-17(16)23-14)12-15-10-19-18(24-15)21-8-4-5-9-21/h2-3,6-7,10,14H,4-5,8-9,11-13H2,1H3. The minimum absolute atomic E-state index is 0.0656. The van der Waals surface area contributed by atoms with E-state index in [4.69, 9.17) is 9.47 Å². The van der Waals surface area contributed by atoms with Crippen molar-refractivity contribution in [1.29, 1.82) is 0 Å². The molecular formula is C18H23N3O2S. The van der Waals surface area contributed by atoms with Crippen LogP contribution in [0.5, 0.6) is 11.5 Å². The molecule has 3 heterocycles. The smallest absolute Gasteiger partial charge is 0.185 e. The predicted molar refractivity (Wildman–Crippen MR) is 96.2 cm³/mol. The Bertz CT molecular complexity index is 684. The van der Waals surface area contributed by atoms with Crippen LogP contribution >= 0.6 is 11.3 Å². The number of ether oxygens (including phenoxy) is 2. The molecule has 0 saturated carbocycles. The fraction of sp³-hybridized carbons (Fsp3) is 0.500. The lowest BCUT2D eigenvalue weighted by Gasteiger charge is -2.29. The van der Waals surface area contributed by atoms with Crippen molar-refractivity contribution in [3.63, 3.8) is 0 Å². The zero-order valence-corrected chi connectivity index (χ0v) is 14.8. The number of likely N-dealkylation sites (N-methyl/N-ethyl adjacent to an activating group) is 1. The van der Waals surface area contributed by atoms with Gasteiger partial charge in [0.25, 0.3) is 0 Å². The lowest BCUT2D eigenvalue weighted by Crippen LogP contribution is -2.39. The van der Waals surface area contributed by atoms with E-state index in [1.807, 2.05) is 41.8 Å². The number of benzene rings is 1. The Morgan fingerprint density at radius 2 is 2.04 bits per heavy atom. The fourth-order valence-electron chi connectivity index (χ4n) is 3.26. The van der Waals surface area contributed by atoms with E-state index in [2.05, 4.69) is 21.8 Å². The van der Waals surface area contributed by atoms with Crippen LogP contribution in [0, 0.1) is 0 Å². The van der Waals surface area contributed by atoms with E-state index in [-0.39, 0.29) is 6.10 Å². The average molecular weight is 345 g/mol. The summed E-state index contributed by atoms with van der Waals surface area (Å²) in [7, 11) is 2.12. The second-order valence-corrected chi connectivity index (χ2v) is 7.59. The maximum atomic E-state index is 6.04. The van der Waals surface area contributed by atoms with Crippen LogP contribution in [0.4, 0.5) is 5.13 Å². The highest BCUT2D eigenvalue weighted by atomic mass is 32.1. The summed E-state index contributed by atoms with van der Waals surface area (Å²) in [5, 5.41) is 1.17. The lowest BCUT2D eigenvalue weighted by atomic mass is 10.2. The number of nitrogens with zero attached hydrogens (tertiary/aromatic N) is 3. The summed E-state index contributed by atoms with van der Waals surface area (Å²) in [5.41, 5.74) is 0. The van der Waals surface area contributed by atoms with Gasteiger partial charge in [0.15, 0.2) is 16.6 Å². The first kappa shape index (κ1) is 15.7. The lowest BCUT2D eigenvalue weighted by molar-refractivity contribution is 0.0640. The summed E-state index contributed by atoms with van der Waals surface area (Å²) >= 11 is 1.81. The third kappa shape index (κ3) is 3.49. The second kappa shape index (κ2) is 6.99. The summed E-state index contributed by atoms with van der Waals surface area (Å²) in [6.45, 7) is 4.63. The van der Waals surface area contributed by atoms with Crippen LogP contribution in [-0.2, 0) is 6.54 Å². The third-order valence-electron chi connectivity index (χ3n) is 4.43. The molecule has 6 heteroatoms. The number of rotatable bonds is 5. The highest BCUT2D eigenvalue weighted by Crippen LogP contribution is 2.31. The Balaban J connectivity index is 1.31. The van der Waals surface area contributed by atoms with Crippen LogP contribution in [0.15, 0.2) is 30.5 Å². The van der Waals surface area contributed by atoms with Gasteiger partial charge in [-0.3, -0.25) is 4.90 Å². The maximum absolute atomic E-state index is 6.04. The molecular weight excluding hydrogens is 322 g/mol. The molecule has 2 aromatic rings. The first-order valence-electron chi connectivity index (χ1n) is 8.54. The van der Waals surface area contributed by atoms with Crippen molar-refractivity contribution in [1.82, 2.24) is 9.88 Å². The van der Waals surface area contributed by atoms with Gasteiger partial charge in [-0.05, 0) is 32.0 Å². The van der Waals surface area contributed by atoms with Gasteiger partial charge in [0.2, 0.25) is 0 Å². The zero-order valence-electron chi connectivity index (χ0n) is 14.0. The van der Waals surface area contributed by atoms with E-state index >= 15 is 0 Å². The molecule has 2 aliphatic rings. The molecule has 0 radical (unpaired) electrons. The van der Waals surface area contributed by atoms with Crippen LogP contribution in [0.1, 0.15) is 17.7 Å². The summed E-state index contributed by atoms with van der Waals surface area (Å²) in [6, 6.07) is 7.86. The molecule has 0 aliphatic carbocycles. The quantitative estimate of drug-likeness (QED) is 0.833. The second-order valence-electron chi connectivity index (χ2n) is 6.50. The Labute approximate surface area is 146 Å². The predicted octanol–water partition coefficient (Wildman–Crippen LogP) is 3.02. The Hall–Kier alpha value is -1.79. The van der Waals surface area contributed by atoms with Gasteiger partial charge in [-0.25, -0.2) is 4.98 Å². The molecule has 2 aliphatic heterocycles. The molecule has 0 spiro atoms. The van der Waals surface area contributed by atoms with Gasteiger partial charge in [-0.2, -0.15) is 0 Å². The monoisotopic (exact) mass is 345 g/mol. The molecule has 24 heavy (non-hydrogen) atoms. The van der Waals surface area contributed by atoms with Gasteiger partial charge in [-0.1, -0.05) is 12.1 Å². The molecule has 0 bridgehead atoms. The molecule has 128 valence electrons. The van der Waals surface area contributed by atoms with E-state index in [9.17, 15) is 0 Å². The van der Waals surface area contributed by atoms with Gasteiger partial charge in [-0.15, -0.1) is 11.3 Å². The summed E-state index contributed by atoms with van der Waals surface area (Å²) in [6.07, 6.45) is 4.66. The van der Waals surface area contributed by atoms with Gasteiger partial charge in [0.05, 0.1) is 0 Å². The average Bonchev–Trinajstić information content (AvgIpc) is 3.26. The zero-order chi connectivity index (χ0) is 16.4. The van der Waals surface area contributed by atoms with Crippen molar-refractivity contribution < 1.29 is 9.47 Å². The fourth-order valence-corrected chi connectivity index (χ4v) is 4.30. The minimum Gasteiger partial charge on any atom is -0.486 e. The van der Waals surface area contributed by atoms with E-state index in [0.29, 0.717) is 6.61 Å². The Morgan fingerprint density at radius 1 is 1.25 bits per heavy atom. The van der Waals surface area contributed by atoms with E-state index in [1.165, 1.54) is 22.9 Å². The summed E-state index contributed by atoms with van der Waals surface area (Å²) in [4.78, 5) is 10.6. The number of anilines is 1. The number of fused-ring (bicyclic) bond motifs is 1. The van der Waals surface area contributed by atoms with Crippen LogP contribution in [0.3, 0.4) is 0 Å². The number of para-hydroxylation sites is 2. The molecule has 1 saturated heterocycles. The van der Waals surface area contributed by atoms with Crippen molar-refractivity contribution in [2.45, 2.75) is 25.5 Å². The molecule has 0 amide bonds. The van der Waals surface area contributed by atoms with Crippen molar-refractivity contribution in [3.8, 4) is 11.5 Å². The van der Waals surface area contributed by atoms with Gasteiger partial charge >= 0.3 is 0 Å². The van der Waals surface area contributed by atoms with Crippen LogP contribution in [-0.4, -0.2) is 49.3 Å². The topological polar surface area (TPSA) is 37.8 Å². The Kier molecular flexibility index (Phi) is 4.58. The number of thiazole rings is 1. The summed E-state index contributed by atoms with van der Waals surface area (Å²) in [5.74, 6) is 1.69. The van der Waals surface area contributed by atoms with Crippen molar-refractivity contribution in [2.24, 2.45) is 0 Å². The van der Waals surface area contributed by atoms with E-state index < -0.39 is 0 Å². The molecule has 1 unspecified atom stereocenters. The highest BCUT2D eigenvalue weighted by molar-refractivity contribution is 7.15. The molecule has 1 aromatic carbocycles. The number of hydrogen-bond donors (Lipinski definition) is 0. The molecule has 1 aromatic heterocycles. The number of hydrogen-bond acceptors (Lipinski definition) is 6. The maximum Gasteiger partial charge on any atom is 0.185 e. The molecule has 5 nitrogen and oxygen atoms in total. The van der Waals surface area contributed by atoms with E-state index in [1.54, 1.807) is 0 Å². The van der Waals surface area contributed by atoms with Crippen LogP contribution in [0.2, 0.25) is 0 Å². The molecule has 4 rings (SSSR count). The minimum atomic E-state index is 0.0656. The van der Waals surface area contributed by atoms with E-state index in [0.717, 1.165) is 37.7 Å². The SMILES string of the molecule is CN(Cc1cnc(N2CCCC2)s1)CC1COc2ccccc2O1. The first-order valence-corrected chi connectivity index (χ1v) is 9.36. The summed E-state index contributed by atoms with van der Waals surface area (Å²) < 4.78 is 11.8. The van der Waals surface area contributed by atoms with Gasteiger partial charge < -0.3 is 14.4 Å². The molecule has 1 fully saturated rings. The van der Waals surface area contributed by atoms with Crippen molar-refractivity contribution in [3.05, 3.63) is 35.3 Å². The first-order chi connectivity index (χ1) is 11.8. The van der Waals surface area contributed by atoms with Crippen LogP contribution in [0.25, 0.3) is 0 Å². The van der Waals surface area contributed by atoms with Crippen molar-refractivity contribution in [2.75, 3.05) is 38.2 Å².